The molecule has 3 heterocycles. The van der Waals surface area contributed by atoms with Gasteiger partial charge >= 0.3 is 0 Å². The number of para-hydroxylation sites is 1. The third-order valence-electron chi connectivity index (χ3n) is 8.40. The molecule has 0 aliphatic rings. The maximum atomic E-state index is 13.0. The van der Waals surface area contributed by atoms with E-state index in [1.54, 1.807) is 0 Å². The normalized spacial score (nSPS) is 11.9. The van der Waals surface area contributed by atoms with E-state index >= 15 is 0 Å². The van der Waals surface area contributed by atoms with Gasteiger partial charge in [-0.05, 0) is 64.0 Å². The number of fused-ring (bicyclic) bond motifs is 11. The number of aromatic nitrogens is 2. The molecule has 9 rings (SSSR count). The zero-order valence-corrected chi connectivity index (χ0v) is 23.2. The first-order chi connectivity index (χ1) is 20.7. The Balaban J connectivity index is 1.29. The van der Waals surface area contributed by atoms with E-state index in [1.165, 1.54) is 36.9 Å². The van der Waals surface area contributed by atoms with E-state index in [4.69, 9.17) is 0 Å². The van der Waals surface area contributed by atoms with Gasteiger partial charge in [-0.25, -0.2) is 0 Å². The highest BCUT2D eigenvalue weighted by molar-refractivity contribution is 7.26. The number of rotatable bonds is 2. The van der Waals surface area contributed by atoms with Crippen molar-refractivity contribution in [2.45, 2.75) is 0 Å². The van der Waals surface area contributed by atoms with Crippen LogP contribution in [0.15, 0.2) is 138 Å². The van der Waals surface area contributed by atoms with E-state index in [0.717, 1.165) is 32.8 Å². The third-order valence-corrected chi connectivity index (χ3v) is 9.62. The Bertz CT molecular complexity index is 2610. The number of thiophene rings is 1. The second-order valence-corrected chi connectivity index (χ2v) is 11.8. The van der Waals surface area contributed by atoms with Crippen molar-refractivity contribution < 1.29 is 0 Å². The van der Waals surface area contributed by atoms with E-state index < -0.39 is 0 Å². The van der Waals surface area contributed by atoms with Gasteiger partial charge in [0.05, 0.1) is 16.4 Å². The van der Waals surface area contributed by atoms with E-state index in [0.29, 0.717) is 11.0 Å². The summed E-state index contributed by atoms with van der Waals surface area (Å²) in [6.45, 7) is 0. The molecule has 0 aliphatic carbocycles. The molecule has 0 N–H and O–H groups in total. The Morgan fingerprint density at radius 3 is 2.07 bits per heavy atom. The van der Waals surface area contributed by atoms with Gasteiger partial charge in [0.25, 0.3) is 5.56 Å². The maximum Gasteiger partial charge on any atom is 0.281 e. The molecule has 4 heteroatoms. The van der Waals surface area contributed by atoms with Crippen molar-refractivity contribution in [2.24, 2.45) is 0 Å². The molecule has 0 aliphatic heterocycles. The second-order valence-electron chi connectivity index (χ2n) is 10.7. The highest BCUT2D eigenvalue weighted by Gasteiger charge is 2.15. The molecular formula is C38H22N2OS. The number of nitrogens with zero attached hydrogens (tertiary/aromatic N) is 2. The molecule has 0 saturated carbocycles. The molecule has 0 unspecified atom stereocenters. The minimum Gasteiger partial charge on any atom is -0.293 e. The molecule has 3 nitrogen and oxygen atoms in total. The lowest BCUT2D eigenvalue weighted by molar-refractivity contribution is 1.19. The van der Waals surface area contributed by atoms with E-state index in [-0.39, 0.29) is 5.56 Å². The summed E-state index contributed by atoms with van der Waals surface area (Å²) in [5, 5.41) is 6.43. The summed E-state index contributed by atoms with van der Waals surface area (Å²) >= 11 is 1.86. The molecule has 196 valence electrons. The summed E-state index contributed by atoms with van der Waals surface area (Å²) in [6, 6.07) is 46.7. The van der Waals surface area contributed by atoms with E-state index in [2.05, 4.69) is 113 Å². The van der Waals surface area contributed by atoms with Crippen molar-refractivity contribution in [3.63, 3.8) is 0 Å². The number of pyridine rings is 1. The van der Waals surface area contributed by atoms with Crippen molar-refractivity contribution in [3.8, 4) is 22.3 Å². The van der Waals surface area contributed by atoms with Crippen LogP contribution in [0.25, 0.3) is 80.7 Å². The monoisotopic (exact) mass is 554 g/mol. The first kappa shape index (κ1) is 23.4. The topological polar surface area (TPSA) is 34.4 Å². The van der Waals surface area contributed by atoms with Crippen LogP contribution in [0, 0.1) is 0 Å². The number of benzene rings is 6. The smallest absolute Gasteiger partial charge is 0.281 e. The van der Waals surface area contributed by atoms with Crippen LogP contribution in [0.5, 0.6) is 0 Å². The summed E-state index contributed by atoms with van der Waals surface area (Å²) in [7, 11) is 0. The van der Waals surface area contributed by atoms with Crippen molar-refractivity contribution in [3.05, 3.63) is 144 Å². The van der Waals surface area contributed by atoms with Crippen molar-refractivity contribution >= 4 is 69.7 Å². The van der Waals surface area contributed by atoms with Gasteiger partial charge in [0.15, 0.2) is 0 Å². The molecule has 0 spiro atoms. The summed E-state index contributed by atoms with van der Waals surface area (Å²) in [5.41, 5.74) is 7.17. The fourth-order valence-corrected chi connectivity index (χ4v) is 7.71. The summed E-state index contributed by atoms with van der Waals surface area (Å²) < 4.78 is 4.77. The SMILES string of the molecule is O=c1nc2c3ccccc3c3cc(-c4cccc(-c5cccc6c5sc5ccccc56)c4)ccc3n2c2ccccc12. The van der Waals surface area contributed by atoms with Gasteiger partial charge in [-0.1, -0.05) is 97.1 Å². The first-order valence-corrected chi connectivity index (χ1v) is 14.8. The van der Waals surface area contributed by atoms with Crippen LogP contribution in [0.1, 0.15) is 0 Å². The molecule has 0 bridgehead atoms. The maximum absolute atomic E-state index is 13.0. The Kier molecular flexibility index (Phi) is 4.92. The Morgan fingerprint density at radius 1 is 0.500 bits per heavy atom. The van der Waals surface area contributed by atoms with Gasteiger partial charge in [0, 0.05) is 30.9 Å². The summed E-state index contributed by atoms with van der Waals surface area (Å²) in [5.74, 6) is 0. The first-order valence-electron chi connectivity index (χ1n) is 14.0. The van der Waals surface area contributed by atoms with Crippen LogP contribution >= 0.6 is 11.3 Å². The molecule has 6 aromatic carbocycles. The van der Waals surface area contributed by atoms with Gasteiger partial charge in [-0.2, -0.15) is 4.98 Å². The fraction of sp³-hybridized carbons (Fsp3) is 0. The average molecular weight is 555 g/mol. The molecule has 0 atom stereocenters. The molecule has 0 fully saturated rings. The van der Waals surface area contributed by atoms with Crippen LogP contribution in [-0.4, -0.2) is 9.38 Å². The van der Waals surface area contributed by atoms with Crippen LogP contribution in [-0.2, 0) is 0 Å². The van der Waals surface area contributed by atoms with Crippen molar-refractivity contribution in [2.75, 3.05) is 0 Å². The van der Waals surface area contributed by atoms with Crippen LogP contribution in [0.2, 0.25) is 0 Å². The van der Waals surface area contributed by atoms with E-state index in [9.17, 15) is 4.79 Å². The van der Waals surface area contributed by atoms with Crippen molar-refractivity contribution in [1.29, 1.82) is 0 Å². The molecule has 0 radical (unpaired) electrons. The van der Waals surface area contributed by atoms with Crippen LogP contribution < -0.4 is 5.56 Å². The quantitative estimate of drug-likeness (QED) is 0.199. The lowest BCUT2D eigenvalue weighted by atomic mass is 9.96. The lowest BCUT2D eigenvalue weighted by Crippen LogP contribution is -2.11. The zero-order chi connectivity index (χ0) is 27.8. The standard InChI is InChI=1S/C38H22N2OS/c41-38-31-14-3-5-17-33(31)40-34-20-19-24(22-32(34)27-11-1-2-13-30(27)37(40)39-38)23-9-7-10-25(21-23)26-15-8-16-29-28-12-4-6-18-35(28)42-36(26)29/h1-22H. The Morgan fingerprint density at radius 2 is 1.17 bits per heavy atom. The molecule has 9 aromatic rings. The van der Waals surface area contributed by atoms with Gasteiger partial charge < -0.3 is 0 Å². The Hall–Kier alpha value is -5.32. The van der Waals surface area contributed by atoms with Gasteiger partial charge in [0.2, 0.25) is 0 Å². The Labute approximate surface area is 244 Å². The van der Waals surface area contributed by atoms with Gasteiger partial charge in [0.1, 0.15) is 5.65 Å². The molecule has 0 amide bonds. The zero-order valence-electron chi connectivity index (χ0n) is 22.4. The fourth-order valence-electron chi connectivity index (χ4n) is 6.47. The summed E-state index contributed by atoms with van der Waals surface area (Å²) in [6.07, 6.45) is 0. The minimum atomic E-state index is -0.197. The molecule has 3 aromatic heterocycles. The van der Waals surface area contributed by atoms with E-state index in [1.807, 2.05) is 41.7 Å². The number of hydrogen-bond acceptors (Lipinski definition) is 3. The van der Waals surface area contributed by atoms with Crippen molar-refractivity contribution in [1.82, 2.24) is 9.38 Å². The molecule has 42 heavy (non-hydrogen) atoms. The molecular weight excluding hydrogens is 532 g/mol. The van der Waals surface area contributed by atoms with Gasteiger partial charge in [-0.3, -0.25) is 9.20 Å². The highest BCUT2D eigenvalue weighted by atomic mass is 32.1. The minimum absolute atomic E-state index is 0.197. The second kappa shape index (κ2) is 8.84. The highest BCUT2D eigenvalue weighted by Crippen LogP contribution is 2.41. The number of hydrogen-bond donors (Lipinski definition) is 0. The largest absolute Gasteiger partial charge is 0.293 e. The van der Waals surface area contributed by atoms with Crippen LogP contribution in [0.4, 0.5) is 0 Å². The average Bonchev–Trinajstić information content (AvgIpc) is 3.44. The lowest BCUT2D eigenvalue weighted by Gasteiger charge is -2.15. The summed E-state index contributed by atoms with van der Waals surface area (Å²) in [4.78, 5) is 17.5. The third kappa shape index (κ3) is 3.33. The molecule has 0 saturated heterocycles. The predicted molar refractivity (Wildman–Crippen MR) is 178 cm³/mol. The van der Waals surface area contributed by atoms with Gasteiger partial charge in [-0.15, -0.1) is 11.3 Å². The van der Waals surface area contributed by atoms with Crippen LogP contribution in [0.3, 0.4) is 0 Å². The predicted octanol–water partition coefficient (Wildman–Crippen LogP) is 9.86.